The number of benzene rings is 2. The second kappa shape index (κ2) is 8.03. The van der Waals surface area contributed by atoms with E-state index in [1.165, 1.54) is 14.2 Å². The molecular formula is C20H18ClFN6O2. The lowest BCUT2D eigenvalue weighted by Crippen LogP contribution is -2.04. The van der Waals surface area contributed by atoms with Crippen LogP contribution in [0.3, 0.4) is 0 Å². The number of hydrogen-bond acceptors (Lipinski definition) is 7. The fourth-order valence-electron chi connectivity index (χ4n) is 2.95. The van der Waals surface area contributed by atoms with E-state index in [-0.39, 0.29) is 11.8 Å². The van der Waals surface area contributed by atoms with E-state index in [1.54, 1.807) is 23.0 Å². The Balaban J connectivity index is 1.64. The van der Waals surface area contributed by atoms with Crippen LogP contribution in [0.15, 0.2) is 42.7 Å². The summed E-state index contributed by atoms with van der Waals surface area (Å²) in [4.78, 5) is 8.25. The first kappa shape index (κ1) is 19.7. The number of aryl methyl sites for hydroxylation is 1. The van der Waals surface area contributed by atoms with Gasteiger partial charge in [0.15, 0.2) is 11.6 Å². The standard InChI is InChI=1S/C20H18ClFN6O2/c1-28-16-6-12(5-4-11(16)9-24-28)25-19-14(22)10-23-20(27-19)26-15-8-17(29-2)13(21)7-18(15)30-3/h4-10H,1-3H3,(H2,23,25,26,27). The molecule has 0 radical (unpaired) electrons. The molecule has 0 unspecified atom stereocenters. The van der Waals surface area contributed by atoms with E-state index >= 15 is 0 Å². The van der Waals surface area contributed by atoms with Crippen LogP contribution in [0.4, 0.5) is 27.5 Å². The Morgan fingerprint density at radius 2 is 1.83 bits per heavy atom. The number of ether oxygens (including phenoxy) is 2. The fourth-order valence-corrected chi connectivity index (χ4v) is 3.18. The second-order valence-electron chi connectivity index (χ2n) is 6.37. The largest absolute Gasteiger partial charge is 0.495 e. The molecule has 2 N–H and O–H groups in total. The van der Waals surface area contributed by atoms with E-state index in [0.717, 1.165) is 17.1 Å². The zero-order chi connectivity index (χ0) is 21.3. The fraction of sp³-hybridized carbons (Fsp3) is 0.150. The highest BCUT2D eigenvalue weighted by molar-refractivity contribution is 6.32. The highest BCUT2D eigenvalue weighted by atomic mass is 35.5. The van der Waals surface area contributed by atoms with Crippen LogP contribution >= 0.6 is 11.6 Å². The van der Waals surface area contributed by atoms with Gasteiger partial charge in [-0.25, -0.2) is 9.37 Å². The van der Waals surface area contributed by atoms with Crippen LogP contribution in [-0.4, -0.2) is 34.0 Å². The molecule has 8 nitrogen and oxygen atoms in total. The maximum Gasteiger partial charge on any atom is 0.229 e. The van der Waals surface area contributed by atoms with E-state index in [1.807, 2.05) is 25.2 Å². The molecule has 0 spiro atoms. The average Bonchev–Trinajstić information content (AvgIpc) is 3.11. The molecule has 0 aliphatic carbocycles. The van der Waals surface area contributed by atoms with Crippen molar-refractivity contribution >= 4 is 45.6 Å². The van der Waals surface area contributed by atoms with E-state index in [9.17, 15) is 4.39 Å². The van der Waals surface area contributed by atoms with Crippen molar-refractivity contribution in [3.05, 3.63) is 53.6 Å². The number of aromatic nitrogens is 4. The Morgan fingerprint density at radius 3 is 2.60 bits per heavy atom. The molecule has 154 valence electrons. The van der Waals surface area contributed by atoms with Gasteiger partial charge in [-0.3, -0.25) is 4.68 Å². The Morgan fingerprint density at radius 1 is 1.03 bits per heavy atom. The Hall–Kier alpha value is -3.59. The molecular weight excluding hydrogens is 411 g/mol. The van der Waals surface area contributed by atoms with Gasteiger partial charge in [0.1, 0.15) is 11.5 Å². The first-order chi connectivity index (χ1) is 14.5. The van der Waals surface area contributed by atoms with Gasteiger partial charge < -0.3 is 20.1 Å². The smallest absolute Gasteiger partial charge is 0.229 e. The number of anilines is 4. The maximum atomic E-state index is 14.3. The first-order valence-electron chi connectivity index (χ1n) is 8.88. The van der Waals surface area contributed by atoms with E-state index in [2.05, 4.69) is 25.7 Å². The molecule has 0 aliphatic heterocycles. The van der Waals surface area contributed by atoms with Crippen LogP contribution in [0.2, 0.25) is 5.02 Å². The van der Waals surface area contributed by atoms with Gasteiger partial charge in [0.25, 0.3) is 0 Å². The molecule has 2 aromatic carbocycles. The molecule has 0 saturated heterocycles. The Bertz CT molecular complexity index is 1230. The first-order valence-corrected chi connectivity index (χ1v) is 9.26. The number of nitrogens with zero attached hydrogens (tertiary/aromatic N) is 4. The van der Waals surface area contributed by atoms with Crippen LogP contribution in [-0.2, 0) is 7.05 Å². The normalized spacial score (nSPS) is 10.8. The summed E-state index contributed by atoms with van der Waals surface area (Å²) in [5.41, 5.74) is 2.10. The molecule has 2 heterocycles. The monoisotopic (exact) mass is 428 g/mol. The number of fused-ring (bicyclic) bond motifs is 1. The molecule has 0 aliphatic rings. The quantitative estimate of drug-likeness (QED) is 0.462. The number of hydrogen-bond donors (Lipinski definition) is 2. The Labute approximate surface area is 176 Å². The van der Waals surface area contributed by atoms with Gasteiger partial charge in [-0.05, 0) is 18.2 Å². The predicted molar refractivity (Wildman–Crippen MR) is 114 cm³/mol. The predicted octanol–water partition coefficient (Wildman–Crippen LogP) is 4.66. The lowest BCUT2D eigenvalue weighted by Gasteiger charge is -2.14. The molecule has 4 rings (SSSR count). The zero-order valence-electron chi connectivity index (χ0n) is 16.4. The van der Waals surface area contributed by atoms with Gasteiger partial charge in [-0.2, -0.15) is 10.1 Å². The zero-order valence-corrected chi connectivity index (χ0v) is 17.2. The number of rotatable bonds is 6. The topological polar surface area (TPSA) is 86.1 Å². The van der Waals surface area contributed by atoms with E-state index < -0.39 is 5.82 Å². The summed E-state index contributed by atoms with van der Waals surface area (Å²) < 4.78 is 26.7. The average molecular weight is 429 g/mol. The van der Waals surface area contributed by atoms with Gasteiger partial charge in [-0.1, -0.05) is 11.6 Å². The number of methoxy groups -OCH3 is 2. The molecule has 2 aromatic heterocycles. The van der Waals surface area contributed by atoms with Gasteiger partial charge in [0.2, 0.25) is 5.95 Å². The van der Waals surface area contributed by atoms with Gasteiger partial charge in [0.05, 0.1) is 42.8 Å². The minimum absolute atomic E-state index is 0.0221. The molecule has 0 atom stereocenters. The highest BCUT2D eigenvalue weighted by Crippen LogP contribution is 2.37. The van der Waals surface area contributed by atoms with E-state index in [4.69, 9.17) is 21.1 Å². The van der Waals surface area contributed by atoms with Crippen molar-refractivity contribution in [2.45, 2.75) is 0 Å². The minimum atomic E-state index is -0.591. The molecule has 4 aromatic rings. The van der Waals surface area contributed by atoms with Gasteiger partial charge >= 0.3 is 0 Å². The number of halogens is 2. The summed E-state index contributed by atoms with van der Waals surface area (Å²) in [5, 5.41) is 11.6. The van der Waals surface area contributed by atoms with Crippen molar-refractivity contribution in [3.63, 3.8) is 0 Å². The summed E-state index contributed by atoms with van der Waals surface area (Å²) in [6.07, 6.45) is 2.85. The Kier molecular flexibility index (Phi) is 5.28. The summed E-state index contributed by atoms with van der Waals surface area (Å²) >= 11 is 6.13. The van der Waals surface area contributed by atoms with Gasteiger partial charge in [-0.15, -0.1) is 0 Å². The van der Waals surface area contributed by atoms with Crippen LogP contribution < -0.4 is 20.1 Å². The van der Waals surface area contributed by atoms with Crippen LogP contribution in [0.5, 0.6) is 11.5 Å². The lowest BCUT2D eigenvalue weighted by molar-refractivity contribution is 0.405. The van der Waals surface area contributed by atoms with Crippen LogP contribution in [0.1, 0.15) is 0 Å². The lowest BCUT2D eigenvalue weighted by atomic mass is 10.2. The minimum Gasteiger partial charge on any atom is -0.495 e. The third kappa shape index (κ3) is 3.79. The van der Waals surface area contributed by atoms with Crippen molar-refractivity contribution in [2.24, 2.45) is 7.05 Å². The van der Waals surface area contributed by atoms with Crippen molar-refractivity contribution in [1.29, 1.82) is 0 Å². The summed E-state index contributed by atoms with van der Waals surface area (Å²) in [6.45, 7) is 0. The number of nitrogens with one attached hydrogen (secondary N) is 2. The SMILES string of the molecule is COc1cc(Nc2ncc(F)c(Nc3ccc4cnn(C)c4c3)n2)c(OC)cc1Cl. The molecule has 0 fully saturated rings. The van der Waals surface area contributed by atoms with Crippen LogP contribution in [0.25, 0.3) is 10.9 Å². The van der Waals surface area contributed by atoms with Crippen molar-refractivity contribution < 1.29 is 13.9 Å². The maximum absolute atomic E-state index is 14.3. The summed E-state index contributed by atoms with van der Waals surface area (Å²) in [6, 6.07) is 8.84. The van der Waals surface area contributed by atoms with Crippen molar-refractivity contribution in [1.82, 2.24) is 19.7 Å². The molecule has 0 saturated carbocycles. The van der Waals surface area contributed by atoms with Crippen molar-refractivity contribution in [2.75, 3.05) is 24.9 Å². The summed E-state index contributed by atoms with van der Waals surface area (Å²) in [5.74, 6) is 0.512. The van der Waals surface area contributed by atoms with Crippen LogP contribution in [0, 0.1) is 5.82 Å². The van der Waals surface area contributed by atoms with E-state index in [0.29, 0.717) is 27.9 Å². The molecule has 0 bridgehead atoms. The highest BCUT2D eigenvalue weighted by Gasteiger charge is 2.13. The second-order valence-corrected chi connectivity index (χ2v) is 6.78. The van der Waals surface area contributed by atoms with Crippen molar-refractivity contribution in [3.8, 4) is 11.5 Å². The summed E-state index contributed by atoms with van der Waals surface area (Å²) in [7, 11) is 4.86. The molecule has 0 amide bonds. The molecule has 30 heavy (non-hydrogen) atoms. The van der Waals surface area contributed by atoms with Gasteiger partial charge in [0, 0.05) is 30.3 Å². The molecule has 10 heteroatoms. The third-order valence-electron chi connectivity index (χ3n) is 4.48. The third-order valence-corrected chi connectivity index (χ3v) is 4.77.